The zero-order chi connectivity index (χ0) is 15.2. The highest BCUT2D eigenvalue weighted by atomic mass is 16.5. The Bertz CT molecular complexity index is 437. The van der Waals surface area contributed by atoms with Gasteiger partial charge in [0, 0.05) is 32.8 Å². The van der Waals surface area contributed by atoms with Crippen LogP contribution in [0, 0.1) is 0 Å². The lowest BCUT2D eigenvalue weighted by molar-refractivity contribution is -0.131. The fourth-order valence-corrected chi connectivity index (χ4v) is 2.94. The third-order valence-electron chi connectivity index (χ3n) is 4.06. The molecule has 1 aliphatic rings. The molecule has 0 bridgehead atoms. The quantitative estimate of drug-likeness (QED) is 0.795. The van der Waals surface area contributed by atoms with Crippen LogP contribution in [0.4, 0.5) is 0 Å². The molecule has 4 nitrogen and oxygen atoms in total. The highest BCUT2D eigenvalue weighted by molar-refractivity contribution is 5.27. The number of hydrogen-bond donors (Lipinski definition) is 1. The maximum absolute atomic E-state index is 5.67. The minimum atomic E-state index is 0.172. The van der Waals surface area contributed by atoms with Gasteiger partial charge in [0.25, 0.3) is 0 Å². The fourth-order valence-electron chi connectivity index (χ4n) is 2.94. The van der Waals surface area contributed by atoms with E-state index in [9.17, 15) is 0 Å². The second kappa shape index (κ2) is 7.90. The molecule has 0 spiro atoms. The Morgan fingerprint density at radius 3 is 2.57 bits per heavy atom. The molecule has 0 radical (unpaired) electrons. The summed E-state index contributed by atoms with van der Waals surface area (Å²) in [5.74, 6) is 0. The van der Waals surface area contributed by atoms with E-state index in [4.69, 9.17) is 9.47 Å². The van der Waals surface area contributed by atoms with Crippen molar-refractivity contribution in [3.8, 4) is 0 Å². The number of nitrogens with one attached hydrogen (secondary N) is 1. The van der Waals surface area contributed by atoms with E-state index in [0.29, 0.717) is 6.04 Å². The summed E-state index contributed by atoms with van der Waals surface area (Å²) in [6.45, 7) is 4.64. The van der Waals surface area contributed by atoms with Crippen LogP contribution in [0.1, 0.15) is 24.5 Å². The molecule has 1 saturated carbocycles. The van der Waals surface area contributed by atoms with Gasteiger partial charge in [-0.3, -0.25) is 0 Å². The lowest BCUT2D eigenvalue weighted by atomic mass is 9.85. The summed E-state index contributed by atoms with van der Waals surface area (Å²) in [4.78, 5) is 2.20. The third kappa shape index (κ3) is 4.27. The molecular formula is C17H28N2O2. The molecule has 0 aliphatic heterocycles. The van der Waals surface area contributed by atoms with E-state index in [1.807, 2.05) is 6.92 Å². The molecule has 0 amide bonds. The van der Waals surface area contributed by atoms with Crippen LogP contribution in [0.25, 0.3) is 0 Å². The van der Waals surface area contributed by atoms with Crippen LogP contribution in [0.2, 0.25) is 0 Å². The standard InChI is InChI=1S/C17H28N2O2/c1-5-21-16-10-15(17(16)20-4)18-11-13-8-6-7-9-14(13)12-19(2)3/h6-9,15-18H,5,10-12H2,1-4H3. The molecule has 1 fully saturated rings. The van der Waals surface area contributed by atoms with Crippen molar-refractivity contribution in [1.82, 2.24) is 10.2 Å². The molecule has 3 atom stereocenters. The van der Waals surface area contributed by atoms with Gasteiger partial charge in [-0.15, -0.1) is 0 Å². The first kappa shape index (κ1) is 16.4. The van der Waals surface area contributed by atoms with E-state index in [-0.39, 0.29) is 12.2 Å². The van der Waals surface area contributed by atoms with Gasteiger partial charge in [-0.25, -0.2) is 0 Å². The molecule has 21 heavy (non-hydrogen) atoms. The van der Waals surface area contributed by atoms with Crippen molar-refractivity contribution in [1.29, 1.82) is 0 Å². The van der Waals surface area contributed by atoms with Gasteiger partial charge < -0.3 is 19.7 Å². The van der Waals surface area contributed by atoms with Gasteiger partial charge in [-0.05, 0) is 38.6 Å². The lowest BCUT2D eigenvalue weighted by Gasteiger charge is -2.43. The second-order valence-corrected chi connectivity index (χ2v) is 5.92. The van der Waals surface area contributed by atoms with Gasteiger partial charge in [0.2, 0.25) is 0 Å². The zero-order valence-corrected chi connectivity index (χ0v) is 13.6. The van der Waals surface area contributed by atoms with Crippen molar-refractivity contribution in [2.75, 3.05) is 27.8 Å². The van der Waals surface area contributed by atoms with Crippen molar-refractivity contribution in [2.45, 2.75) is 44.7 Å². The van der Waals surface area contributed by atoms with E-state index >= 15 is 0 Å². The van der Waals surface area contributed by atoms with Gasteiger partial charge in [-0.1, -0.05) is 24.3 Å². The zero-order valence-electron chi connectivity index (χ0n) is 13.6. The number of ether oxygens (including phenoxy) is 2. The van der Waals surface area contributed by atoms with E-state index < -0.39 is 0 Å². The summed E-state index contributed by atoms with van der Waals surface area (Å²) in [7, 11) is 5.97. The van der Waals surface area contributed by atoms with Gasteiger partial charge in [0.1, 0.15) is 0 Å². The molecule has 1 aromatic rings. The Morgan fingerprint density at radius 2 is 1.95 bits per heavy atom. The van der Waals surface area contributed by atoms with Crippen molar-refractivity contribution < 1.29 is 9.47 Å². The number of hydrogen-bond acceptors (Lipinski definition) is 4. The van der Waals surface area contributed by atoms with Crippen LogP contribution in [-0.2, 0) is 22.6 Å². The molecule has 0 aromatic heterocycles. The predicted molar refractivity (Wildman–Crippen MR) is 85.3 cm³/mol. The first-order valence-corrected chi connectivity index (χ1v) is 7.75. The Labute approximate surface area is 128 Å². The van der Waals surface area contributed by atoms with Crippen LogP contribution in [0.3, 0.4) is 0 Å². The van der Waals surface area contributed by atoms with Crippen molar-refractivity contribution in [3.63, 3.8) is 0 Å². The number of benzene rings is 1. The van der Waals surface area contributed by atoms with Crippen LogP contribution >= 0.6 is 0 Å². The molecule has 118 valence electrons. The Kier molecular flexibility index (Phi) is 6.18. The summed E-state index contributed by atoms with van der Waals surface area (Å²) in [5.41, 5.74) is 2.74. The van der Waals surface area contributed by atoms with E-state index in [2.05, 4.69) is 48.6 Å². The van der Waals surface area contributed by atoms with Gasteiger partial charge in [0.05, 0.1) is 12.2 Å². The van der Waals surface area contributed by atoms with Crippen LogP contribution in [0.15, 0.2) is 24.3 Å². The predicted octanol–water partition coefficient (Wildman–Crippen LogP) is 2.03. The average molecular weight is 292 g/mol. The molecule has 4 heteroatoms. The molecule has 0 heterocycles. The number of methoxy groups -OCH3 is 1. The SMILES string of the molecule is CCOC1CC(NCc2ccccc2CN(C)C)C1OC. The smallest absolute Gasteiger partial charge is 0.0986 e. The van der Waals surface area contributed by atoms with Gasteiger partial charge >= 0.3 is 0 Å². The van der Waals surface area contributed by atoms with Gasteiger partial charge in [0.15, 0.2) is 0 Å². The number of rotatable bonds is 8. The van der Waals surface area contributed by atoms with Crippen LogP contribution in [0.5, 0.6) is 0 Å². The largest absolute Gasteiger partial charge is 0.377 e. The molecule has 0 saturated heterocycles. The monoisotopic (exact) mass is 292 g/mol. The molecule has 2 rings (SSSR count). The summed E-state index contributed by atoms with van der Waals surface area (Å²) >= 11 is 0. The van der Waals surface area contributed by atoms with Crippen LogP contribution in [-0.4, -0.2) is 51.0 Å². The maximum atomic E-state index is 5.67. The molecule has 1 N–H and O–H groups in total. The summed E-state index contributed by atoms with van der Waals surface area (Å²) in [5, 5.41) is 3.61. The minimum Gasteiger partial charge on any atom is -0.377 e. The third-order valence-corrected chi connectivity index (χ3v) is 4.06. The van der Waals surface area contributed by atoms with E-state index in [0.717, 1.165) is 26.1 Å². The summed E-state index contributed by atoms with van der Waals surface area (Å²) in [6.07, 6.45) is 1.45. The first-order chi connectivity index (χ1) is 10.2. The number of nitrogens with zero attached hydrogens (tertiary/aromatic N) is 1. The first-order valence-electron chi connectivity index (χ1n) is 7.75. The molecule has 1 aromatic carbocycles. The lowest BCUT2D eigenvalue weighted by Crippen LogP contribution is -2.59. The Balaban J connectivity index is 1.89. The molecule has 1 aliphatic carbocycles. The van der Waals surface area contributed by atoms with E-state index in [1.54, 1.807) is 7.11 Å². The normalized spacial score (nSPS) is 25.1. The Hall–Kier alpha value is -0.940. The van der Waals surface area contributed by atoms with Gasteiger partial charge in [-0.2, -0.15) is 0 Å². The highest BCUT2D eigenvalue weighted by Gasteiger charge is 2.41. The Morgan fingerprint density at radius 1 is 1.24 bits per heavy atom. The fraction of sp³-hybridized carbons (Fsp3) is 0.647. The highest BCUT2D eigenvalue weighted by Crippen LogP contribution is 2.27. The molecule has 3 unspecified atom stereocenters. The average Bonchev–Trinajstić information content (AvgIpc) is 2.43. The van der Waals surface area contributed by atoms with Crippen LogP contribution < -0.4 is 5.32 Å². The van der Waals surface area contributed by atoms with E-state index in [1.165, 1.54) is 11.1 Å². The molecular weight excluding hydrogens is 264 g/mol. The topological polar surface area (TPSA) is 33.7 Å². The van der Waals surface area contributed by atoms with Crippen molar-refractivity contribution in [3.05, 3.63) is 35.4 Å². The minimum absolute atomic E-state index is 0.172. The maximum Gasteiger partial charge on any atom is 0.0986 e. The summed E-state index contributed by atoms with van der Waals surface area (Å²) < 4.78 is 11.2. The summed E-state index contributed by atoms with van der Waals surface area (Å²) in [6, 6.07) is 9.00. The van der Waals surface area contributed by atoms with Crippen molar-refractivity contribution in [2.24, 2.45) is 0 Å². The second-order valence-electron chi connectivity index (χ2n) is 5.92. The van der Waals surface area contributed by atoms with Crippen molar-refractivity contribution >= 4 is 0 Å².